The summed E-state index contributed by atoms with van der Waals surface area (Å²) in [5.41, 5.74) is 11.7. The van der Waals surface area contributed by atoms with Crippen LogP contribution in [0.2, 0.25) is 0 Å². The van der Waals surface area contributed by atoms with Crippen LogP contribution in [0.1, 0.15) is 26.5 Å². The lowest BCUT2D eigenvalue weighted by atomic mass is 10.1. The number of thiophene rings is 1. The van der Waals surface area contributed by atoms with Gasteiger partial charge >= 0.3 is 0 Å². The van der Waals surface area contributed by atoms with E-state index in [4.69, 9.17) is 5.73 Å². The number of nitrogens with one attached hydrogen (secondary N) is 1. The van der Waals surface area contributed by atoms with E-state index >= 15 is 0 Å². The molecule has 3 aromatic heterocycles. The van der Waals surface area contributed by atoms with E-state index in [-0.39, 0.29) is 5.91 Å². The standard InChI is InChI=1S/C20H17BrN4OS2/c1-9-10(2)15-16(22)17(28-19(15)23-11(9)3)18(26)25-20-24-14(8-27-20)12-4-6-13(21)7-5-12/h4-8H,22H2,1-3H3,(H,24,25,26). The zero-order valence-electron chi connectivity index (χ0n) is 15.5. The van der Waals surface area contributed by atoms with Crippen molar-refractivity contribution in [1.82, 2.24) is 9.97 Å². The van der Waals surface area contributed by atoms with Crippen molar-refractivity contribution in [1.29, 1.82) is 0 Å². The lowest BCUT2D eigenvalue weighted by Crippen LogP contribution is -2.11. The van der Waals surface area contributed by atoms with Crippen molar-refractivity contribution in [3.8, 4) is 11.3 Å². The molecule has 5 nitrogen and oxygen atoms in total. The van der Waals surface area contributed by atoms with Gasteiger partial charge in [0, 0.05) is 26.5 Å². The lowest BCUT2D eigenvalue weighted by Gasteiger charge is -2.05. The molecule has 0 aliphatic carbocycles. The Bertz CT molecular complexity index is 1210. The molecule has 0 aliphatic heterocycles. The van der Waals surface area contributed by atoms with Gasteiger partial charge in [-0.05, 0) is 44.0 Å². The Kier molecular flexibility index (Phi) is 4.95. The first-order chi connectivity index (χ1) is 13.3. The van der Waals surface area contributed by atoms with Gasteiger partial charge in [-0.15, -0.1) is 22.7 Å². The van der Waals surface area contributed by atoms with Crippen molar-refractivity contribution >= 4 is 65.5 Å². The highest BCUT2D eigenvalue weighted by Crippen LogP contribution is 2.37. The smallest absolute Gasteiger partial charge is 0.269 e. The molecule has 1 amide bonds. The Morgan fingerprint density at radius 3 is 2.54 bits per heavy atom. The second-order valence-corrected chi connectivity index (χ2v) is 9.24. The maximum absolute atomic E-state index is 12.8. The van der Waals surface area contributed by atoms with Gasteiger partial charge < -0.3 is 5.73 Å². The number of benzene rings is 1. The van der Waals surface area contributed by atoms with Crippen LogP contribution in [0.25, 0.3) is 21.5 Å². The van der Waals surface area contributed by atoms with Crippen molar-refractivity contribution < 1.29 is 4.79 Å². The largest absolute Gasteiger partial charge is 0.397 e. The van der Waals surface area contributed by atoms with Gasteiger partial charge in [-0.25, -0.2) is 9.97 Å². The van der Waals surface area contributed by atoms with Gasteiger partial charge in [0.15, 0.2) is 5.13 Å². The number of anilines is 2. The van der Waals surface area contributed by atoms with Gasteiger partial charge in [0.05, 0.1) is 11.4 Å². The number of hydrogen-bond acceptors (Lipinski definition) is 6. The second-order valence-electron chi connectivity index (χ2n) is 6.47. The number of halogens is 1. The first-order valence-corrected chi connectivity index (χ1v) is 11.0. The number of aryl methyl sites for hydroxylation is 2. The van der Waals surface area contributed by atoms with Crippen LogP contribution in [-0.2, 0) is 0 Å². The fraction of sp³-hybridized carbons (Fsp3) is 0.150. The van der Waals surface area contributed by atoms with Crippen LogP contribution in [0, 0.1) is 20.8 Å². The molecule has 0 saturated carbocycles. The van der Waals surface area contributed by atoms with Crippen molar-refractivity contribution in [2.24, 2.45) is 0 Å². The van der Waals surface area contributed by atoms with E-state index in [0.717, 1.165) is 42.8 Å². The molecule has 0 radical (unpaired) electrons. The molecule has 0 unspecified atom stereocenters. The van der Waals surface area contributed by atoms with Crippen LogP contribution in [0.5, 0.6) is 0 Å². The molecule has 1 aromatic carbocycles. The number of rotatable bonds is 3. The maximum Gasteiger partial charge on any atom is 0.269 e. The summed E-state index contributed by atoms with van der Waals surface area (Å²) >= 11 is 6.13. The zero-order chi connectivity index (χ0) is 20.0. The van der Waals surface area contributed by atoms with Gasteiger partial charge in [-0.1, -0.05) is 28.1 Å². The number of amides is 1. The predicted molar refractivity (Wildman–Crippen MR) is 121 cm³/mol. The normalized spacial score (nSPS) is 11.1. The molecule has 0 aliphatic rings. The van der Waals surface area contributed by atoms with E-state index in [2.05, 4.69) is 31.2 Å². The summed E-state index contributed by atoms with van der Waals surface area (Å²) in [6.45, 7) is 6.01. The number of nitrogens with two attached hydrogens (primary N) is 1. The summed E-state index contributed by atoms with van der Waals surface area (Å²) < 4.78 is 1.01. The number of pyridine rings is 1. The second kappa shape index (κ2) is 7.27. The van der Waals surface area contributed by atoms with E-state index in [1.54, 1.807) is 0 Å². The minimum Gasteiger partial charge on any atom is -0.397 e. The average Bonchev–Trinajstić information content (AvgIpc) is 3.25. The van der Waals surface area contributed by atoms with Gasteiger partial charge in [-0.2, -0.15) is 0 Å². The first kappa shape index (κ1) is 19.0. The molecule has 0 spiro atoms. The molecule has 0 saturated heterocycles. The number of hydrogen-bond donors (Lipinski definition) is 2. The molecule has 3 N–H and O–H groups in total. The SMILES string of the molecule is Cc1nc2sc(C(=O)Nc3nc(-c4ccc(Br)cc4)cs3)c(N)c2c(C)c1C. The van der Waals surface area contributed by atoms with Gasteiger partial charge in [0.25, 0.3) is 5.91 Å². The summed E-state index contributed by atoms with van der Waals surface area (Å²) in [5.74, 6) is -0.257. The van der Waals surface area contributed by atoms with Gasteiger partial charge in [-0.3, -0.25) is 10.1 Å². The van der Waals surface area contributed by atoms with Crippen molar-refractivity contribution in [3.63, 3.8) is 0 Å². The molecular weight excluding hydrogens is 456 g/mol. The number of carbonyl (C=O) groups is 1. The molecule has 4 aromatic rings. The third-order valence-corrected chi connectivity index (χ3v) is 7.13. The maximum atomic E-state index is 12.8. The monoisotopic (exact) mass is 472 g/mol. The van der Waals surface area contributed by atoms with Crippen molar-refractivity contribution in [3.05, 3.63) is 55.8 Å². The number of nitrogen functional groups attached to an aromatic ring is 1. The number of aromatic nitrogens is 2. The highest BCUT2D eigenvalue weighted by atomic mass is 79.9. The Morgan fingerprint density at radius 2 is 1.82 bits per heavy atom. The van der Waals surface area contributed by atoms with Gasteiger partial charge in [0.2, 0.25) is 0 Å². The molecule has 0 bridgehead atoms. The molecule has 3 heterocycles. The van der Waals surface area contributed by atoms with Crippen molar-refractivity contribution in [2.75, 3.05) is 11.1 Å². The summed E-state index contributed by atoms with van der Waals surface area (Å²) in [6.07, 6.45) is 0. The van der Waals surface area contributed by atoms with Crippen LogP contribution >= 0.6 is 38.6 Å². The molecule has 0 atom stereocenters. The fourth-order valence-corrected chi connectivity index (χ4v) is 5.05. The fourth-order valence-electron chi connectivity index (χ4n) is 2.97. The lowest BCUT2D eigenvalue weighted by molar-refractivity contribution is 0.103. The summed E-state index contributed by atoms with van der Waals surface area (Å²) in [6, 6.07) is 7.88. The van der Waals surface area contributed by atoms with E-state index in [9.17, 15) is 4.79 Å². The summed E-state index contributed by atoms with van der Waals surface area (Å²) in [7, 11) is 0. The summed E-state index contributed by atoms with van der Waals surface area (Å²) in [4.78, 5) is 23.2. The quantitative estimate of drug-likeness (QED) is 0.386. The third-order valence-electron chi connectivity index (χ3n) is 4.75. The zero-order valence-corrected chi connectivity index (χ0v) is 18.7. The summed E-state index contributed by atoms with van der Waals surface area (Å²) in [5, 5.41) is 6.20. The number of carbonyl (C=O) groups excluding carboxylic acids is 1. The molecule has 8 heteroatoms. The minimum absolute atomic E-state index is 0.257. The highest BCUT2D eigenvalue weighted by molar-refractivity contribution is 9.10. The molecule has 4 rings (SSSR count). The van der Waals surface area contributed by atoms with E-state index in [1.807, 2.05) is 50.4 Å². The Hall–Kier alpha value is -2.29. The first-order valence-electron chi connectivity index (χ1n) is 8.53. The number of thiazole rings is 1. The Balaban J connectivity index is 1.63. The molecular formula is C20H17BrN4OS2. The van der Waals surface area contributed by atoms with Crippen LogP contribution < -0.4 is 11.1 Å². The van der Waals surface area contributed by atoms with E-state index in [0.29, 0.717) is 15.7 Å². The molecule has 28 heavy (non-hydrogen) atoms. The van der Waals surface area contributed by atoms with E-state index in [1.165, 1.54) is 22.7 Å². The van der Waals surface area contributed by atoms with Crippen LogP contribution in [-0.4, -0.2) is 15.9 Å². The van der Waals surface area contributed by atoms with Crippen LogP contribution in [0.4, 0.5) is 10.8 Å². The predicted octanol–water partition coefficient (Wildman–Crippen LogP) is 5.94. The van der Waals surface area contributed by atoms with Crippen LogP contribution in [0.15, 0.2) is 34.1 Å². The average molecular weight is 473 g/mol. The topological polar surface area (TPSA) is 80.9 Å². The minimum atomic E-state index is -0.257. The Morgan fingerprint density at radius 1 is 1.11 bits per heavy atom. The van der Waals surface area contributed by atoms with Crippen LogP contribution in [0.3, 0.4) is 0 Å². The highest BCUT2D eigenvalue weighted by Gasteiger charge is 2.21. The Labute approximate surface area is 178 Å². The number of fused-ring (bicyclic) bond motifs is 1. The number of nitrogens with zero attached hydrogens (tertiary/aromatic N) is 2. The van der Waals surface area contributed by atoms with Crippen molar-refractivity contribution in [2.45, 2.75) is 20.8 Å². The van der Waals surface area contributed by atoms with Gasteiger partial charge in [0.1, 0.15) is 9.71 Å². The molecule has 0 fully saturated rings. The third kappa shape index (κ3) is 3.32. The van der Waals surface area contributed by atoms with E-state index < -0.39 is 0 Å². The molecule has 142 valence electrons.